The lowest BCUT2D eigenvalue weighted by atomic mass is 9.87. The molecule has 1 rings (SSSR count). The van der Waals surface area contributed by atoms with E-state index in [4.69, 9.17) is 4.52 Å². The maximum absolute atomic E-state index is 9.52. The Kier molecular flexibility index (Phi) is 13.2. The lowest BCUT2D eigenvalue weighted by molar-refractivity contribution is 0.105. The van der Waals surface area contributed by atoms with Crippen LogP contribution in [-0.4, -0.2) is 15.9 Å². The fourth-order valence-corrected chi connectivity index (χ4v) is 4.25. The predicted molar refractivity (Wildman–Crippen MR) is 117 cm³/mol. The third-order valence-corrected chi connectivity index (χ3v) is 5.98. The highest BCUT2D eigenvalue weighted by Crippen LogP contribution is 2.35. The van der Waals surface area contributed by atoms with Gasteiger partial charge in [-0.15, -0.1) is 0 Å². The van der Waals surface area contributed by atoms with Crippen LogP contribution in [0.2, 0.25) is 0 Å². The quantitative estimate of drug-likeness (QED) is 0.323. The molecule has 0 aliphatic rings. The molecule has 0 spiro atoms. The maximum atomic E-state index is 9.52. The van der Waals surface area contributed by atoms with Gasteiger partial charge in [-0.1, -0.05) is 78.0 Å². The highest BCUT2D eigenvalue weighted by Gasteiger charge is 2.24. The summed E-state index contributed by atoms with van der Waals surface area (Å²) >= 11 is 0. The molecule has 1 aromatic rings. The molecule has 0 fully saturated rings. The van der Waals surface area contributed by atoms with Crippen LogP contribution in [0, 0.1) is 5.92 Å². The van der Waals surface area contributed by atoms with Crippen molar-refractivity contribution in [3.63, 3.8) is 0 Å². The zero-order valence-corrected chi connectivity index (χ0v) is 18.8. The summed E-state index contributed by atoms with van der Waals surface area (Å²) in [5, 5.41) is 0. The van der Waals surface area contributed by atoms with Gasteiger partial charge >= 0.3 is 8.60 Å². The third-order valence-electron chi connectivity index (χ3n) is 5.52. The summed E-state index contributed by atoms with van der Waals surface area (Å²) in [6.07, 6.45) is 12.1. The number of hydrogen-bond donors (Lipinski definition) is 2. The Morgan fingerprint density at radius 2 is 1.56 bits per heavy atom. The van der Waals surface area contributed by atoms with E-state index in [0.29, 0.717) is 5.92 Å². The van der Waals surface area contributed by atoms with Crippen molar-refractivity contribution in [2.75, 3.05) is 0 Å². The van der Waals surface area contributed by atoms with E-state index < -0.39 is 8.60 Å². The molecule has 0 aliphatic heterocycles. The minimum atomic E-state index is -2.32. The molecule has 27 heavy (non-hydrogen) atoms. The molecule has 2 atom stereocenters. The molecule has 0 saturated heterocycles. The second-order valence-electron chi connectivity index (χ2n) is 7.72. The molecule has 3 nitrogen and oxygen atoms in total. The molecule has 0 amide bonds. The normalized spacial score (nSPS) is 13.9. The van der Waals surface area contributed by atoms with Gasteiger partial charge in [-0.05, 0) is 61.1 Å². The summed E-state index contributed by atoms with van der Waals surface area (Å²) in [5.74, 6) is 0.369. The van der Waals surface area contributed by atoms with E-state index >= 15 is 0 Å². The van der Waals surface area contributed by atoms with E-state index in [1.54, 1.807) is 0 Å². The first-order chi connectivity index (χ1) is 13.0. The second kappa shape index (κ2) is 14.5. The molecule has 0 saturated carbocycles. The summed E-state index contributed by atoms with van der Waals surface area (Å²) in [6.45, 7) is 8.84. The fourth-order valence-electron chi connectivity index (χ4n) is 3.76. The van der Waals surface area contributed by atoms with Gasteiger partial charge in [0, 0.05) is 0 Å². The minimum absolute atomic E-state index is 0.121. The summed E-state index contributed by atoms with van der Waals surface area (Å²) in [5.41, 5.74) is 4.17. The van der Waals surface area contributed by atoms with Crippen LogP contribution >= 0.6 is 8.60 Å². The smallest absolute Gasteiger partial charge is 0.327 e. The van der Waals surface area contributed by atoms with Crippen molar-refractivity contribution < 1.29 is 14.3 Å². The van der Waals surface area contributed by atoms with Gasteiger partial charge in [0.05, 0.1) is 6.10 Å². The number of rotatable bonds is 15. The van der Waals surface area contributed by atoms with Crippen molar-refractivity contribution >= 4 is 8.60 Å². The van der Waals surface area contributed by atoms with Crippen molar-refractivity contribution in [2.24, 2.45) is 5.92 Å². The van der Waals surface area contributed by atoms with E-state index in [1.807, 2.05) is 0 Å². The zero-order valence-electron chi connectivity index (χ0n) is 17.9. The van der Waals surface area contributed by atoms with E-state index in [2.05, 4.69) is 45.9 Å². The molecule has 2 unspecified atom stereocenters. The summed E-state index contributed by atoms with van der Waals surface area (Å²) in [7, 11) is -2.32. The van der Waals surface area contributed by atoms with Gasteiger partial charge in [0.2, 0.25) is 0 Å². The van der Waals surface area contributed by atoms with Crippen LogP contribution in [0.15, 0.2) is 18.2 Å². The Balaban J connectivity index is 3.01. The second-order valence-corrected chi connectivity index (χ2v) is 8.44. The standard InChI is InChI=1S/C23H41O3P/c1-5-9-12-19-15-16-22(21(17-19)14-11-7-3)18-23(26-27(24)25)20(8-4)13-10-6-2/h15-17,20,23-25H,5-14,18H2,1-4H3. The van der Waals surface area contributed by atoms with Crippen LogP contribution in [0.5, 0.6) is 0 Å². The van der Waals surface area contributed by atoms with E-state index in [1.165, 1.54) is 42.4 Å². The number of benzene rings is 1. The van der Waals surface area contributed by atoms with Crippen LogP contribution < -0.4 is 0 Å². The lowest BCUT2D eigenvalue weighted by Gasteiger charge is -2.27. The van der Waals surface area contributed by atoms with Gasteiger partial charge in [0.1, 0.15) is 0 Å². The molecule has 0 heterocycles. The lowest BCUT2D eigenvalue weighted by Crippen LogP contribution is -2.25. The monoisotopic (exact) mass is 396 g/mol. The van der Waals surface area contributed by atoms with Gasteiger partial charge in [-0.2, -0.15) is 0 Å². The Morgan fingerprint density at radius 3 is 2.15 bits per heavy atom. The average molecular weight is 397 g/mol. The molecule has 156 valence electrons. The Labute approximate surface area is 168 Å². The third kappa shape index (κ3) is 9.52. The predicted octanol–water partition coefficient (Wildman–Crippen LogP) is 6.73. The largest absolute Gasteiger partial charge is 0.328 e. The molecule has 0 bridgehead atoms. The number of hydrogen-bond acceptors (Lipinski definition) is 3. The van der Waals surface area contributed by atoms with Gasteiger partial charge in [0.25, 0.3) is 0 Å². The highest BCUT2D eigenvalue weighted by molar-refractivity contribution is 7.39. The van der Waals surface area contributed by atoms with Crippen LogP contribution in [0.4, 0.5) is 0 Å². The van der Waals surface area contributed by atoms with E-state index in [-0.39, 0.29) is 6.10 Å². The Hall–Kier alpha value is -0.470. The van der Waals surface area contributed by atoms with E-state index in [0.717, 1.165) is 44.9 Å². The highest BCUT2D eigenvalue weighted by atomic mass is 31.2. The summed E-state index contributed by atoms with van der Waals surface area (Å²) in [4.78, 5) is 19.0. The molecule has 0 aromatic heterocycles. The van der Waals surface area contributed by atoms with Crippen LogP contribution in [0.25, 0.3) is 0 Å². The van der Waals surface area contributed by atoms with Gasteiger partial charge in [-0.25, -0.2) is 0 Å². The van der Waals surface area contributed by atoms with Crippen LogP contribution in [0.3, 0.4) is 0 Å². The molecule has 4 heteroatoms. The number of aryl methyl sites for hydroxylation is 2. The van der Waals surface area contributed by atoms with Crippen LogP contribution in [-0.2, 0) is 23.8 Å². The minimum Gasteiger partial charge on any atom is -0.328 e. The van der Waals surface area contributed by atoms with Crippen molar-refractivity contribution in [3.05, 3.63) is 34.9 Å². The Bertz CT molecular complexity index is 504. The van der Waals surface area contributed by atoms with Crippen molar-refractivity contribution in [1.29, 1.82) is 0 Å². The molecule has 2 N–H and O–H groups in total. The van der Waals surface area contributed by atoms with Crippen molar-refractivity contribution in [1.82, 2.24) is 0 Å². The molecule has 0 aliphatic carbocycles. The summed E-state index contributed by atoms with van der Waals surface area (Å²) in [6, 6.07) is 6.90. The maximum Gasteiger partial charge on any atom is 0.327 e. The van der Waals surface area contributed by atoms with Crippen molar-refractivity contribution in [2.45, 2.75) is 104 Å². The first-order valence-electron chi connectivity index (χ1n) is 11.0. The molecule has 0 radical (unpaired) electrons. The summed E-state index contributed by atoms with van der Waals surface area (Å²) < 4.78 is 5.63. The molecular formula is C23H41O3P. The Morgan fingerprint density at radius 1 is 0.889 bits per heavy atom. The first-order valence-corrected chi connectivity index (χ1v) is 12.2. The van der Waals surface area contributed by atoms with Crippen LogP contribution in [0.1, 0.15) is 95.8 Å². The fraction of sp³-hybridized carbons (Fsp3) is 0.739. The van der Waals surface area contributed by atoms with Gasteiger partial charge in [0.15, 0.2) is 0 Å². The van der Waals surface area contributed by atoms with E-state index in [9.17, 15) is 9.79 Å². The van der Waals surface area contributed by atoms with Gasteiger partial charge in [-0.3, -0.25) is 0 Å². The zero-order chi connectivity index (χ0) is 20.1. The van der Waals surface area contributed by atoms with Crippen molar-refractivity contribution in [3.8, 4) is 0 Å². The average Bonchev–Trinajstić information content (AvgIpc) is 2.65. The molecular weight excluding hydrogens is 355 g/mol. The topological polar surface area (TPSA) is 49.7 Å². The van der Waals surface area contributed by atoms with Gasteiger partial charge < -0.3 is 14.3 Å². The SMILES string of the molecule is CCCCc1ccc(CC(OP(O)O)C(CC)CCCC)c(CCCC)c1. The number of unbranched alkanes of at least 4 members (excludes halogenated alkanes) is 3. The first kappa shape index (κ1) is 24.6. The molecule has 1 aromatic carbocycles.